The van der Waals surface area contributed by atoms with Crippen LogP contribution in [0.3, 0.4) is 0 Å². The van der Waals surface area contributed by atoms with Gasteiger partial charge in [-0.1, -0.05) is 12.1 Å². The van der Waals surface area contributed by atoms with Crippen LogP contribution in [-0.2, 0) is 9.84 Å². The van der Waals surface area contributed by atoms with Crippen LogP contribution in [0.1, 0.15) is 34.1 Å². The molecule has 184 valence electrons. The van der Waals surface area contributed by atoms with Gasteiger partial charge in [-0.2, -0.15) is 5.10 Å². The van der Waals surface area contributed by atoms with Gasteiger partial charge in [0.05, 0.1) is 38.9 Å². The molecule has 0 bridgehead atoms. The number of fused-ring (bicyclic) bond motifs is 1. The Hall–Kier alpha value is -3.73. The highest BCUT2D eigenvalue weighted by Gasteiger charge is 2.48. The van der Waals surface area contributed by atoms with Crippen molar-refractivity contribution in [3.8, 4) is 34.3 Å². The smallest absolute Gasteiger partial charge is 0.273 e. The first kappa shape index (κ1) is 23.0. The Kier molecular flexibility index (Phi) is 5.59. The summed E-state index contributed by atoms with van der Waals surface area (Å²) in [5.74, 6) is 0.746. The molecule has 0 spiro atoms. The predicted molar refractivity (Wildman–Crippen MR) is 127 cm³/mol. The van der Waals surface area contributed by atoms with E-state index in [9.17, 15) is 18.3 Å². The second kappa shape index (κ2) is 8.49. The van der Waals surface area contributed by atoms with E-state index in [-0.39, 0.29) is 28.9 Å². The SMILES string of the molecule is COc1cc(C2c3c(-c4ccccc4O)n[nH]c3C(=O)N2C2CCS(=O)(=O)C2)cc(OC)c1OC. The number of nitrogens with one attached hydrogen (secondary N) is 1. The summed E-state index contributed by atoms with van der Waals surface area (Å²) >= 11 is 0. The normalized spacial score (nSPS) is 20.7. The number of sulfone groups is 1. The third-order valence-electron chi connectivity index (χ3n) is 6.57. The van der Waals surface area contributed by atoms with Gasteiger partial charge in [-0.15, -0.1) is 0 Å². The number of para-hydroxylation sites is 1. The summed E-state index contributed by atoms with van der Waals surface area (Å²) < 4.78 is 41.2. The monoisotopic (exact) mass is 499 g/mol. The maximum Gasteiger partial charge on any atom is 0.273 e. The first-order valence-corrected chi connectivity index (χ1v) is 12.8. The van der Waals surface area contributed by atoms with Crippen LogP contribution in [0.2, 0.25) is 0 Å². The molecule has 11 heteroatoms. The molecule has 1 fully saturated rings. The molecule has 1 saturated heterocycles. The Morgan fingerprint density at radius 1 is 1.09 bits per heavy atom. The number of methoxy groups -OCH3 is 3. The largest absolute Gasteiger partial charge is 0.507 e. The number of amides is 1. The van der Waals surface area contributed by atoms with Crippen LogP contribution < -0.4 is 14.2 Å². The van der Waals surface area contributed by atoms with Gasteiger partial charge in [-0.25, -0.2) is 8.42 Å². The maximum absolute atomic E-state index is 13.7. The molecule has 2 aliphatic heterocycles. The summed E-state index contributed by atoms with van der Waals surface area (Å²) in [5.41, 5.74) is 2.31. The van der Waals surface area contributed by atoms with E-state index in [1.165, 1.54) is 21.3 Å². The number of rotatable bonds is 6. The van der Waals surface area contributed by atoms with Crippen molar-refractivity contribution in [1.29, 1.82) is 0 Å². The van der Waals surface area contributed by atoms with Crippen LogP contribution >= 0.6 is 0 Å². The number of hydrogen-bond acceptors (Lipinski definition) is 8. The Labute approximate surface area is 202 Å². The molecule has 0 aliphatic carbocycles. The van der Waals surface area contributed by atoms with E-state index in [0.717, 1.165) is 0 Å². The highest BCUT2D eigenvalue weighted by Crippen LogP contribution is 2.49. The van der Waals surface area contributed by atoms with E-state index >= 15 is 0 Å². The minimum atomic E-state index is -3.27. The van der Waals surface area contributed by atoms with Crippen LogP contribution in [0, 0.1) is 0 Å². The number of aromatic amines is 1. The van der Waals surface area contributed by atoms with Gasteiger partial charge in [0.1, 0.15) is 17.1 Å². The van der Waals surface area contributed by atoms with Crippen LogP contribution in [0.5, 0.6) is 23.0 Å². The zero-order chi connectivity index (χ0) is 24.9. The van der Waals surface area contributed by atoms with E-state index < -0.39 is 21.9 Å². The molecule has 5 rings (SSSR count). The summed E-state index contributed by atoms with van der Waals surface area (Å²) in [6.07, 6.45) is 0.332. The fraction of sp³-hybridized carbons (Fsp3) is 0.333. The third kappa shape index (κ3) is 3.66. The van der Waals surface area contributed by atoms with E-state index in [1.807, 2.05) is 0 Å². The average molecular weight is 500 g/mol. The molecule has 0 radical (unpaired) electrons. The van der Waals surface area contributed by atoms with Crippen molar-refractivity contribution in [3.63, 3.8) is 0 Å². The van der Waals surface area contributed by atoms with Crippen molar-refractivity contribution in [2.45, 2.75) is 18.5 Å². The topological polar surface area (TPSA) is 131 Å². The van der Waals surface area contributed by atoms with Gasteiger partial charge in [-0.3, -0.25) is 9.89 Å². The van der Waals surface area contributed by atoms with Crippen molar-refractivity contribution >= 4 is 15.7 Å². The summed E-state index contributed by atoms with van der Waals surface area (Å²) in [5, 5.41) is 17.7. The number of H-pyrrole nitrogens is 1. The van der Waals surface area contributed by atoms with Crippen LogP contribution in [-0.4, -0.2) is 73.4 Å². The van der Waals surface area contributed by atoms with Gasteiger partial charge in [0.2, 0.25) is 5.75 Å². The zero-order valence-electron chi connectivity index (χ0n) is 19.4. The Morgan fingerprint density at radius 3 is 2.34 bits per heavy atom. The van der Waals surface area contributed by atoms with Crippen molar-refractivity contribution in [3.05, 3.63) is 53.2 Å². The van der Waals surface area contributed by atoms with Gasteiger partial charge < -0.3 is 24.2 Å². The lowest BCUT2D eigenvalue weighted by Crippen LogP contribution is -2.40. The van der Waals surface area contributed by atoms with Gasteiger partial charge in [0.15, 0.2) is 21.3 Å². The summed E-state index contributed by atoms with van der Waals surface area (Å²) in [7, 11) is 1.23. The first-order chi connectivity index (χ1) is 16.8. The molecule has 3 heterocycles. The Morgan fingerprint density at radius 2 is 1.77 bits per heavy atom. The molecule has 3 aromatic rings. The lowest BCUT2D eigenvalue weighted by Gasteiger charge is -2.31. The lowest BCUT2D eigenvalue weighted by molar-refractivity contribution is 0.0677. The molecule has 0 saturated carbocycles. The van der Waals surface area contributed by atoms with Gasteiger partial charge in [0.25, 0.3) is 5.91 Å². The molecular weight excluding hydrogens is 474 g/mol. The number of carbonyl (C=O) groups excluding carboxylic acids is 1. The van der Waals surface area contributed by atoms with Crippen LogP contribution in [0.25, 0.3) is 11.3 Å². The minimum absolute atomic E-state index is 0.0137. The summed E-state index contributed by atoms with van der Waals surface area (Å²) in [6.45, 7) is 0. The lowest BCUT2D eigenvalue weighted by atomic mass is 9.94. The minimum Gasteiger partial charge on any atom is -0.507 e. The summed E-state index contributed by atoms with van der Waals surface area (Å²) in [6, 6.07) is 8.99. The number of hydrogen-bond donors (Lipinski definition) is 2. The van der Waals surface area contributed by atoms with Gasteiger partial charge in [0, 0.05) is 17.2 Å². The maximum atomic E-state index is 13.7. The number of nitrogens with zero attached hydrogens (tertiary/aromatic N) is 2. The van der Waals surface area contributed by atoms with Crippen LogP contribution in [0.15, 0.2) is 36.4 Å². The van der Waals surface area contributed by atoms with Gasteiger partial charge in [-0.05, 0) is 36.2 Å². The van der Waals surface area contributed by atoms with Gasteiger partial charge >= 0.3 is 0 Å². The van der Waals surface area contributed by atoms with Crippen molar-refractivity contribution in [2.24, 2.45) is 0 Å². The number of ether oxygens (including phenoxy) is 3. The fourth-order valence-electron chi connectivity index (χ4n) is 5.00. The molecule has 10 nitrogen and oxygen atoms in total. The number of aromatic hydroxyl groups is 1. The predicted octanol–water partition coefficient (Wildman–Crippen LogP) is 2.54. The van der Waals surface area contributed by atoms with Crippen LogP contribution in [0.4, 0.5) is 0 Å². The number of phenols is 1. The molecule has 1 amide bonds. The van der Waals surface area contributed by atoms with Crippen molar-refractivity contribution in [2.75, 3.05) is 32.8 Å². The number of benzene rings is 2. The molecule has 2 N–H and O–H groups in total. The molecule has 2 aliphatic rings. The molecule has 2 aromatic carbocycles. The second-order valence-corrected chi connectivity index (χ2v) is 10.7. The Balaban J connectivity index is 1.74. The standard InChI is InChI=1S/C24H25N3O7S/c1-32-17-10-13(11-18(33-2)23(17)34-3)22-19-20(15-6-4-5-7-16(15)28)25-26-21(19)24(29)27(22)14-8-9-35(30,31)12-14/h4-7,10-11,14,22,28H,8-9,12H2,1-3H3,(H,25,26). The molecule has 2 atom stereocenters. The zero-order valence-corrected chi connectivity index (χ0v) is 20.3. The van der Waals surface area contributed by atoms with E-state index in [2.05, 4.69) is 10.2 Å². The highest BCUT2D eigenvalue weighted by molar-refractivity contribution is 7.91. The van der Waals surface area contributed by atoms with E-state index in [0.29, 0.717) is 46.1 Å². The molecule has 2 unspecified atom stereocenters. The molecule has 35 heavy (non-hydrogen) atoms. The third-order valence-corrected chi connectivity index (χ3v) is 8.32. The van der Waals surface area contributed by atoms with E-state index in [1.54, 1.807) is 41.3 Å². The number of phenolic OH excluding ortho intramolecular Hbond substituents is 1. The number of aromatic nitrogens is 2. The molecular formula is C24H25N3O7S. The van der Waals surface area contributed by atoms with Crippen molar-refractivity contribution in [1.82, 2.24) is 15.1 Å². The summed E-state index contributed by atoms with van der Waals surface area (Å²) in [4.78, 5) is 15.2. The quantitative estimate of drug-likeness (QED) is 0.529. The first-order valence-electron chi connectivity index (χ1n) is 11.0. The number of carbonyl (C=O) groups is 1. The van der Waals surface area contributed by atoms with E-state index in [4.69, 9.17) is 14.2 Å². The van der Waals surface area contributed by atoms with Crippen molar-refractivity contribution < 1.29 is 32.5 Å². The Bertz CT molecular complexity index is 1390. The highest BCUT2D eigenvalue weighted by atomic mass is 32.2. The second-order valence-electron chi connectivity index (χ2n) is 8.51. The fourth-order valence-corrected chi connectivity index (χ4v) is 6.71. The average Bonchev–Trinajstić information content (AvgIpc) is 3.51. The molecule has 1 aromatic heterocycles.